The van der Waals surface area contributed by atoms with Crippen LogP contribution in [0, 0.1) is 5.82 Å². The average Bonchev–Trinajstić information content (AvgIpc) is 2.57. The van der Waals surface area contributed by atoms with Crippen molar-refractivity contribution in [3.05, 3.63) is 65.5 Å². The molecular weight excluding hydrogens is 335 g/mol. The predicted octanol–water partition coefficient (Wildman–Crippen LogP) is 3.16. The van der Waals surface area contributed by atoms with Gasteiger partial charge in [0.25, 0.3) is 11.8 Å². The van der Waals surface area contributed by atoms with Gasteiger partial charge < -0.3 is 15.4 Å². The smallest absolute Gasteiger partial charge is 0.251 e. The Bertz CT molecular complexity index is 767. The van der Waals surface area contributed by atoms with Crippen molar-refractivity contribution in [2.24, 2.45) is 0 Å². The SMILES string of the molecule is CC(C)(C)NC(=O)c1ccc(C(=O)NCCOc2cccc(F)c2)cc1. The zero-order valence-electron chi connectivity index (χ0n) is 15.1. The largest absolute Gasteiger partial charge is 0.492 e. The second kappa shape index (κ2) is 8.47. The minimum Gasteiger partial charge on any atom is -0.492 e. The molecule has 0 saturated heterocycles. The summed E-state index contributed by atoms with van der Waals surface area (Å²) in [6.07, 6.45) is 0. The van der Waals surface area contributed by atoms with E-state index in [0.29, 0.717) is 16.9 Å². The highest BCUT2D eigenvalue weighted by atomic mass is 19.1. The first-order valence-electron chi connectivity index (χ1n) is 8.34. The Morgan fingerprint density at radius 1 is 1.00 bits per heavy atom. The zero-order valence-corrected chi connectivity index (χ0v) is 15.1. The van der Waals surface area contributed by atoms with Crippen molar-refractivity contribution >= 4 is 11.8 Å². The first-order valence-corrected chi connectivity index (χ1v) is 8.34. The monoisotopic (exact) mass is 358 g/mol. The molecule has 138 valence electrons. The molecular formula is C20H23FN2O3. The van der Waals surface area contributed by atoms with Gasteiger partial charge >= 0.3 is 0 Å². The van der Waals surface area contributed by atoms with Gasteiger partial charge in [-0.15, -0.1) is 0 Å². The molecule has 2 N–H and O–H groups in total. The van der Waals surface area contributed by atoms with Gasteiger partial charge in [-0.05, 0) is 57.2 Å². The van der Waals surface area contributed by atoms with Crippen molar-refractivity contribution in [2.75, 3.05) is 13.2 Å². The summed E-state index contributed by atoms with van der Waals surface area (Å²) in [5.41, 5.74) is 0.614. The number of ether oxygens (including phenoxy) is 1. The van der Waals surface area contributed by atoms with Crippen LogP contribution in [0.1, 0.15) is 41.5 Å². The first-order chi connectivity index (χ1) is 12.2. The van der Waals surface area contributed by atoms with Gasteiger partial charge in [0, 0.05) is 22.7 Å². The summed E-state index contributed by atoms with van der Waals surface area (Å²) < 4.78 is 18.4. The topological polar surface area (TPSA) is 67.4 Å². The summed E-state index contributed by atoms with van der Waals surface area (Å²) in [4.78, 5) is 24.1. The van der Waals surface area contributed by atoms with Crippen LogP contribution in [0.3, 0.4) is 0 Å². The molecule has 2 aromatic rings. The van der Waals surface area contributed by atoms with E-state index in [9.17, 15) is 14.0 Å². The molecule has 0 aliphatic carbocycles. The van der Waals surface area contributed by atoms with Gasteiger partial charge in [0.15, 0.2) is 0 Å². The number of nitrogens with one attached hydrogen (secondary N) is 2. The van der Waals surface area contributed by atoms with Crippen molar-refractivity contribution in [3.8, 4) is 5.75 Å². The molecule has 0 aromatic heterocycles. The number of benzene rings is 2. The van der Waals surface area contributed by atoms with E-state index in [2.05, 4.69) is 10.6 Å². The van der Waals surface area contributed by atoms with Gasteiger partial charge in [0.2, 0.25) is 0 Å². The van der Waals surface area contributed by atoms with Crippen molar-refractivity contribution in [2.45, 2.75) is 26.3 Å². The maximum absolute atomic E-state index is 13.0. The van der Waals surface area contributed by atoms with E-state index >= 15 is 0 Å². The van der Waals surface area contributed by atoms with Crippen LogP contribution in [0.15, 0.2) is 48.5 Å². The van der Waals surface area contributed by atoms with Crippen LogP contribution in [0.5, 0.6) is 5.75 Å². The van der Waals surface area contributed by atoms with Crippen LogP contribution in [0.4, 0.5) is 4.39 Å². The lowest BCUT2D eigenvalue weighted by Crippen LogP contribution is -2.40. The maximum atomic E-state index is 13.0. The number of hydrogen-bond acceptors (Lipinski definition) is 3. The Morgan fingerprint density at radius 2 is 1.62 bits per heavy atom. The highest BCUT2D eigenvalue weighted by molar-refractivity contribution is 5.98. The quantitative estimate of drug-likeness (QED) is 0.780. The fraction of sp³-hybridized carbons (Fsp3) is 0.300. The van der Waals surface area contributed by atoms with Crippen LogP contribution >= 0.6 is 0 Å². The van der Waals surface area contributed by atoms with E-state index in [0.717, 1.165) is 0 Å². The molecule has 6 heteroatoms. The molecule has 0 fully saturated rings. The molecule has 0 saturated carbocycles. The fourth-order valence-corrected chi connectivity index (χ4v) is 2.18. The van der Waals surface area contributed by atoms with Crippen molar-refractivity contribution in [1.29, 1.82) is 0 Å². The molecule has 5 nitrogen and oxygen atoms in total. The third kappa shape index (κ3) is 6.20. The van der Waals surface area contributed by atoms with E-state index in [1.54, 1.807) is 36.4 Å². The number of halogens is 1. The standard InChI is InChI=1S/C20H23FN2O3/c1-20(2,3)23-19(25)15-9-7-14(8-10-15)18(24)22-11-12-26-17-6-4-5-16(21)13-17/h4-10,13H,11-12H2,1-3H3,(H,22,24)(H,23,25). The normalized spacial score (nSPS) is 10.9. The maximum Gasteiger partial charge on any atom is 0.251 e. The molecule has 2 amide bonds. The highest BCUT2D eigenvalue weighted by Crippen LogP contribution is 2.11. The Kier molecular flexibility index (Phi) is 6.33. The molecule has 0 bridgehead atoms. The summed E-state index contributed by atoms with van der Waals surface area (Å²) in [6.45, 7) is 6.21. The van der Waals surface area contributed by atoms with Crippen molar-refractivity contribution < 1.29 is 18.7 Å². The third-order valence-corrected chi connectivity index (χ3v) is 3.35. The molecule has 2 aromatic carbocycles. The molecule has 2 rings (SSSR count). The van der Waals surface area contributed by atoms with Crippen LogP contribution in [0.25, 0.3) is 0 Å². The van der Waals surface area contributed by atoms with Gasteiger partial charge in [-0.2, -0.15) is 0 Å². The molecule has 0 spiro atoms. The highest BCUT2D eigenvalue weighted by Gasteiger charge is 2.15. The number of carbonyl (C=O) groups excluding carboxylic acids is 2. The molecule has 0 aliphatic heterocycles. The van der Waals surface area contributed by atoms with E-state index in [4.69, 9.17) is 4.74 Å². The Balaban J connectivity index is 1.81. The van der Waals surface area contributed by atoms with Crippen molar-refractivity contribution in [1.82, 2.24) is 10.6 Å². The molecule has 0 heterocycles. The van der Waals surface area contributed by atoms with Gasteiger partial charge in [-0.1, -0.05) is 6.07 Å². The third-order valence-electron chi connectivity index (χ3n) is 3.35. The fourth-order valence-electron chi connectivity index (χ4n) is 2.18. The van der Waals surface area contributed by atoms with Crippen LogP contribution in [0.2, 0.25) is 0 Å². The first kappa shape index (κ1) is 19.4. The second-order valence-electron chi connectivity index (χ2n) is 6.84. The van der Waals surface area contributed by atoms with Gasteiger partial charge in [-0.3, -0.25) is 9.59 Å². The Morgan fingerprint density at radius 3 is 2.19 bits per heavy atom. The number of rotatable bonds is 6. The summed E-state index contributed by atoms with van der Waals surface area (Å²) in [5.74, 6) is -0.417. The molecule has 0 radical (unpaired) electrons. The Hall–Kier alpha value is -2.89. The minimum absolute atomic E-state index is 0.187. The molecule has 0 unspecified atom stereocenters. The minimum atomic E-state index is -0.373. The number of carbonyl (C=O) groups is 2. The molecule has 0 atom stereocenters. The van der Waals surface area contributed by atoms with Gasteiger partial charge in [0.1, 0.15) is 18.2 Å². The average molecular weight is 358 g/mol. The summed E-state index contributed by atoms with van der Waals surface area (Å²) in [7, 11) is 0. The predicted molar refractivity (Wildman–Crippen MR) is 97.9 cm³/mol. The lowest BCUT2D eigenvalue weighted by molar-refractivity contribution is 0.0915. The van der Waals surface area contributed by atoms with Crippen LogP contribution in [-0.2, 0) is 0 Å². The van der Waals surface area contributed by atoms with E-state index in [1.165, 1.54) is 12.1 Å². The molecule has 26 heavy (non-hydrogen) atoms. The zero-order chi connectivity index (χ0) is 19.2. The van der Waals surface area contributed by atoms with E-state index in [-0.39, 0.29) is 36.3 Å². The van der Waals surface area contributed by atoms with Gasteiger partial charge in [-0.25, -0.2) is 4.39 Å². The Labute approximate surface area is 152 Å². The van der Waals surface area contributed by atoms with E-state index < -0.39 is 0 Å². The van der Waals surface area contributed by atoms with Crippen molar-refractivity contribution in [3.63, 3.8) is 0 Å². The van der Waals surface area contributed by atoms with E-state index in [1.807, 2.05) is 20.8 Å². The van der Waals surface area contributed by atoms with Crippen LogP contribution < -0.4 is 15.4 Å². The second-order valence-corrected chi connectivity index (χ2v) is 6.84. The summed E-state index contributed by atoms with van der Waals surface area (Å²) in [6, 6.07) is 12.2. The summed E-state index contributed by atoms with van der Waals surface area (Å²) >= 11 is 0. The molecule has 0 aliphatic rings. The lowest BCUT2D eigenvalue weighted by atomic mass is 10.1. The van der Waals surface area contributed by atoms with Crippen LogP contribution in [-0.4, -0.2) is 30.5 Å². The lowest BCUT2D eigenvalue weighted by Gasteiger charge is -2.20. The summed E-state index contributed by atoms with van der Waals surface area (Å²) in [5, 5.41) is 5.58. The van der Waals surface area contributed by atoms with Gasteiger partial charge in [0.05, 0.1) is 6.54 Å². The number of amides is 2. The number of hydrogen-bond donors (Lipinski definition) is 2.